The molecule has 0 bridgehead atoms. The van der Waals surface area contributed by atoms with Crippen LogP contribution in [0, 0.1) is 0 Å². The van der Waals surface area contributed by atoms with E-state index in [1.165, 1.54) is 16.7 Å². The maximum Gasteiger partial charge on any atom is 0.327 e. The molecule has 2 fully saturated rings. The van der Waals surface area contributed by atoms with Crippen LogP contribution < -0.4 is 5.32 Å². The second-order valence-corrected chi connectivity index (χ2v) is 8.08. The highest BCUT2D eigenvalue weighted by molar-refractivity contribution is 8.01. The predicted molar refractivity (Wildman–Crippen MR) is 96.6 cm³/mol. The highest BCUT2D eigenvalue weighted by Gasteiger charge is 2.64. The summed E-state index contributed by atoms with van der Waals surface area (Å²) in [6.07, 6.45) is 0.202. The van der Waals surface area contributed by atoms with Crippen LogP contribution >= 0.6 is 11.8 Å². The average molecular weight is 388 g/mol. The molecule has 0 spiro atoms. The third-order valence-corrected chi connectivity index (χ3v) is 5.77. The van der Waals surface area contributed by atoms with E-state index in [0.717, 1.165) is 5.56 Å². The number of carbonyl (C=O) groups excluding carboxylic acids is 2. The molecule has 1 unspecified atom stereocenters. The van der Waals surface area contributed by atoms with Crippen molar-refractivity contribution in [2.24, 2.45) is 0 Å². The molecule has 146 valence electrons. The van der Waals surface area contributed by atoms with Crippen LogP contribution in [-0.4, -0.2) is 66.4 Å². The van der Waals surface area contributed by atoms with Gasteiger partial charge in [-0.15, -0.1) is 11.8 Å². The fourth-order valence-corrected chi connectivity index (χ4v) is 4.78. The summed E-state index contributed by atoms with van der Waals surface area (Å²) in [6, 6.07) is 7.78. The average Bonchev–Trinajstić information content (AvgIpc) is 2.74. The van der Waals surface area contributed by atoms with Crippen LogP contribution in [0.2, 0.25) is 0 Å². The minimum atomic E-state index is -1.01. The van der Waals surface area contributed by atoms with Gasteiger partial charge in [0.1, 0.15) is 17.5 Å². The molecule has 2 amide bonds. The number of rotatable bonds is 4. The second kappa shape index (κ2) is 8.49. The third kappa shape index (κ3) is 3.98. The molecule has 0 radical (unpaired) electrons. The van der Waals surface area contributed by atoms with E-state index in [-0.39, 0.29) is 40.0 Å². The Kier molecular flexibility index (Phi) is 7.80. The maximum atomic E-state index is 12.3. The Bertz CT molecular complexity index is 668. The van der Waals surface area contributed by atoms with Crippen molar-refractivity contribution in [2.75, 3.05) is 0 Å². The SMILES string of the molecule is CC1(C)S[C@@H]2[C@H](NC(=O)Cc3ccccc3)C(=O)N2C1C(=O)O.O.O.O. The van der Waals surface area contributed by atoms with E-state index in [1.54, 1.807) is 0 Å². The van der Waals surface area contributed by atoms with E-state index in [0.29, 0.717) is 0 Å². The fraction of sp³-hybridized carbons (Fsp3) is 0.438. The number of nitrogens with zero attached hydrogens (tertiary/aromatic N) is 1. The minimum Gasteiger partial charge on any atom is -0.480 e. The zero-order valence-corrected chi connectivity index (χ0v) is 15.2. The van der Waals surface area contributed by atoms with E-state index < -0.39 is 22.8 Å². The molecule has 3 rings (SSSR count). The number of fused-ring (bicyclic) bond motifs is 1. The van der Waals surface area contributed by atoms with Crippen molar-refractivity contribution in [3.05, 3.63) is 35.9 Å². The first-order chi connectivity index (χ1) is 10.8. The van der Waals surface area contributed by atoms with Gasteiger partial charge >= 0.3 is 5.97 Å². The van der Waals surface area contributed by atoms with E-state index in [2.05, 4.69) is 5.32 Å². The van der Waals surface area contributed by atoms with Crippen LogP contribution in [0.3, 0.4) is 0 Å². The van der Waals surface area contributed by atoms with E-state index >= 15 is 0 Å². The van der Waals surface area contributed by atoms with E-state index in [9.17, 15) is 19.5 Å². The van der Waals surface area contributed by atoms with Gasteiger partial charge in [0, 0.05) is 4.75 Å². The summed E-state index contributed by atoms with van der Waals surface area (Å²) in [5, 5.41) is 11.8. The van der Waals surface area contributed by atoms with Gasteiger partial charge in [0.15, 0.2) is 0 Å². The molecular weight excluding hydrogens is 364 g/mol. The first-order valence-electron chi connectivity index (χ1n) is 7.37. The summed E-state index contributed by atoms with van der Waals surface area (Å²) >= 11 is 1.42. The summed E-state index contributed by atoms with van der Waals surface area (Å²) in [6.45, 7) is 3.62. The highest BCUT2D eigenvalue weighted by atomic mass is 32.2. The third-order valence-electron chi connectivity index (χ3n) is 4.20. The monoisotopic (exact) mass is 388 g/mol. The number of carboxylic acid groups (broad SMARTS) is 1. The van der Waals surface area contributed by atoms with E-state index in [1.807, 2.05) is 44.2 Å². The number of hydrogen-bond acceptors (Lipinski definition) is 4. The summed E-state index contributed by atoms with van der Waals surface area (Å²) in [5.74, 6) is -1.55. The van der Waals surface area contributed by atoms with Gasteiger partial charge in [-0.25, -0.2) is 4.79 Å². The number of benzene rings is 1. The predicted octanol–water partition coefficient (Wildman–Crippen LogP) is -1.61. The van der Waals surface area contributed by atoms with Gasteiger partial charge in [0.2, 0.25) is 11.8 Å². The van der Waals surface area contributed by atoms with Gasteiger partial charge in [-0.3, -0.25) is 9.59 Å². The summed E-state index contributed by atoms with van der Waals surface area (Å²) in [4.78, 5) is 37.2. The number of nitrogens with one attached hydrogen (secondary N) is 1. The minimum absolute atomic E-state index is 0. The first kappa shape index (κ1) is 23.9. The smallest absolute Gasteiger partial charge is 0.327 e. The topological polar surface area (TPSA) is 181 Å². The van der Waals surface area contributed by atoms with Crippen molar-refractivity contribution in [2.45, 2.75) is 42.5 Å². The zero-order chi connectivity index (χ0) is 16.8. The largest absolute Gasteiger partial charge is 0.480 e. The van der Waals surface area contributed by atoms with Gasteiger partial charge in [-0.05, 0) is 19.4 Å². The molecule has 0 saturated carbocycles. The lowest BCUT2D eigenvalue weighted by atomic mass is 9.96. The molecule has 2 aliphatic rings. The van der Waals surface area contributed by atoms with Gasteiger partial charge in [0.05, 0.1) is 6.42 Å². The van der Waals surface area contributed by atoms with Gasteiger partial charge < -0.3 is 31.8 Å². The normalized spacial score (nSPS) is 24.8. The molecule has 2 aliphatic heterocycles. The van der Waals surface area contributed by atoms with Crippen LogP contribution in [0.1, 0.15) is 19.4 Å². The van der Waals surface area contributed by atoms with Gasteiger partial charge in [-0.1, -0.05) is 30.3 Å². The Labute approximate surface area is 154 Å². The number of carbonyl (C=O) groups is 3. The summed E-state index contributed by atoms with van der Waals surface area (Å²) in [7, 11) is 0. The number of carboxylic acids is 1. The number of thioether (sulfide) groups is 1. The van der Waals surface area contributed by atoms with Crippen LogP contribution in [-0.2, 0) is 20.8 Å². The molecule has 26 heavy (non-hydrogen) atoms. The standard InChI is InChI=1S/C16H18N2O4S.3H2O/c1-16(2)12(15(21)22)18-13(20)11(14(18)23-16)17-10(19)8-9-6-4-3-5-7-9;;;/h3-7,11-12,14H,8H2,1-2H3,(H,17,19)(H,21,22);3*1H2/t11-,12?,14-;;;/m1.../s1. The quantitative estimate of drug-likeness (QED) is 0.587. The molecular formula is C16H24N2O7S. The van der Waals surface area contributed by atoms with Crippen LogP contribution in [0.25, 0.3) is 0 Å². The van der Waals surface area contributed by atoms with Crippen molar-refractivity contribution in [3.63, 3.8) is 0 Å². The number of hydrogen-bond donors (Lipinski definition) is 2. The van der Waals surface area contributed by atoms with Crippen LogP contribution in [0.4, 0.5) is 0 Å². The molecule has 3 atom stereocenters. The molecule has 2 heterocycles. The Hall–Kier alpha value is -2.14. The van der Waals surface area contributed by atoms with Crippen molar-refractivity contribution in [1.29, 1.82) is 0 Å². The number of β-lactam (4-membered cyclic amide) rings is 1. The van der Waals surface area contributed by atoms with Crippen molar-refractivity contribution >= 4 is 29.5 Å². The summed E-state index contributed by atoms with van der Waals surface area (Å²) in [5.41, 5.74) is 0.872. The van der Waals surface area contributed by atoms with Crippen molar-refractivity contribution in [1.82, 2.24) is 10.2 Å². The number of aliphatic carboxylic acids is 1. The van der Waals surface area contributed by atoms with Crippen LogP contribution in [0.15, 0.2) is 30.3 Å². The molecule has 0 aromatic heterocycles. The second-order valence-electron chi connectivity index (χ2n) is 6.31. The molecule has 9 nitrogen and oxygen atoms in total. The lowest BCUT2D eigenvalue weighted by Crippen LogP contribution is -2.70. The Morgan fingerprint density at radius 2 is 1.77 bits per heavy atom. The Morgan fingerprint density at radius 3 is 2.31 bits per heavy atom. The number of amides is 2. The van der Waals surface area contributed by atoms with Gasteiger partial charge in [-0.2, -0.15) is 0 Å². The zero-order valence-electron chi connectivity index (χ0n) is 14.4. The van der Waals surface area contributed by atoms with E-state index in [4.69, 9.17) is 0 Å². The first-order valence-corrected chi connectivity index (χ1v) is 8.25. The molecule has 8 N–H and O–H groups in total. The van der Waals surface area contributed by atoms with Crippen molar-refractivity contribution in [3.8, 4) is 0 Å². The lowest BCUT2D eigenvalue weighted by molar-refractivity contribution is -0.161. The van der Waals surface area contributed by atoms with Crippen molar-refractivity contribution < 1.29 is 35.9 Å². The molecule has 10 heteroatoms. The molecule has 0 aliphatic carbocycles. The summed E-state index contributed by atoms with van der Waals surface area (Å²) < 4.78 is -0.578. The highest BCUT2D eigenvalue weighted by Crippen LogP contribution is 2.50. The van der Waals surface area contributed by atoms with Gasteiger partial charge in [0.25, 0.3) is 0 Å². The molecule has 1 aromatic rings. The lowest BCUT2D eigenvalue weighted by Gasteiger charge is -2.43. The molecule has 1 aromatic carbocycles. The maximum absolute atomic E-state index is 12.3. The van der Waals surface area contributed by atoms with Crippen LogP contribution in [0.5, 0.6) is 0 Å². The molecule has 2 saturated heterocycles. The fourth-order valence-electron chi connectivity index (χ4n) is 3.15. The Balaban J connectivity index is 0.00000208. The Morgan fingerprint density at radius 1 is 1.19 bits per heavy atom.